The number of carbonyl (C=O) groups excluding carboxylic acids is 1. The van der Waals surface area contributed by atoms with Crippen LogP contribution in [-0.2, 0) is 11.2 Å². The second kappa shape index (κ2) is 5.79. The summed E-state index contributed by atoms with van der Waals surface area (Å²) in [6, 6.07) is -1.15. The average Bonchev–Trinajstić information content (AvgIpc) is 2.95. The van der Waals surface area contributed by atoms with Crippen molar-refractivity contribution in [2.45, 2.75) is 26.3 Å². The number of nitrogens with zero attached hydrogens (tertiary/aromatic N) is 2. The molecule has 8 heteroatoms. The predicted molar refractivity (Wildman–Crippen MR) is 75.8 cm³/mol. The maximum Gasteiger partial charge on any atom is 0.327 e. The highest BCUT2D eigenvalue weighted by Crippen LogP contribution is 2.25. The standard InChI is InChI=1S/C11H15N3O3S2/c1-3-7-6(2)19-10(12-7)13-11(17)14-5-18-4-8(14)9(15)16/h8H,3-5H2,1-2H3,(H,15,16)(H,12,13,17)/t8-/m0/s1. The van der Waals surface area contributed by atoms with E-state index < -0.39 is 18.0 Å². The molecule has 1 aromatic heterocycles. The van der Waals surface area contributed by atoms with E-state index in [9.17, 15) is 9.59 Å². The smallest absolute Gasteiger partial charge is 0.327 e. The van der Waals surface area contributed by atoms with Crippen LogP contribution < -0.4 is 5.32 Å². The largest absolute Gasteiger partial charge is 0.480 e. The Morgan fingerprint density at radius 3 is 2.89 bits per heavy atom. The number of aromatic nitrogens is 1. The first-order valence-electron chi connectivity index (χ1n) is 5.87. The van der Waals surface area contributed by atoms with Gasteiger partial charge in [0.15, 0.2) is 5.13 Å². The Hall–Kier alpha value is -1.28. The summed E-state index contributed by atoms with van der Waals surface area (Å²) in [6.45, 7) is 3.96. The van der Waals surface area contributed by atoms with E-state index in [1.165, 1.54) is 28.0 Å². The van der Waals surface area contributed by atoms with Gasteiger partial charge in [0.2, 0.25) is 0 Å². The van der Waals surface area contributed by atoms with E-state index in [4.69, 9.17) is 5.11 Å². The fourth-order valence-corrected chi connectivity index (χ4v) is 3.86. The number of carbonyl (C=O) groups is 2. The van der Waals surface area contributed by atoms with Crippen molar-refractivity contribution in [3.8, 4) is 0 Å². The molecular weight excluding hydrogens is 286 g/mol. The maximum absolute atomic E-state index is 12.0. The number of carboxylic acids is 1. The molecule has 0 bridgehead atoms. The fourth-order valence-electron chi connectivity index (χ4n) is 1.82. The Kier molecular flexibility index (Phi) is 4.31. The summed E-state index contributed by atoms with van der Waals surface area (Å²) < 4.78 is 0. The number of thiazole rings is 1. The van der Waals surface area contributed by atoms with Gasteiger partial charge in [0, 0.05) is 10.6 Å². The van der Waals surface area contributed by atoms with Gasteiger partial charge in [0.25, 0.3) is 0 Å². The molecule has 1 aliphatic rings. The lowest BCUT2D eigenvalue weighted by Crippen LogP contribution is -2.43. The van der Waals surface area contributed by atoms with Crippen LogP contribution in [0.4, 0.5) is 9.93 Å². The molecule has 1 aliphatic heterocycles. The van der Waals surface area contributed by atoms with Crippen LogP contribution in [0.3, 0.4) is 0 Å². The zero-order chi connectivity index (χ0) is 14.0. The highest BCUT2D eigenvalue weighted by atomic mass is 32.2. The Balaban J connectivity index is 2.06. The van der Waals surface area contributed by atoms with Crippen molar-refractivity contribution in [1.82, 2.24) is 9.88 Å². The van der Waals surface area contributed by atoms with Crippen LogP contribution in [0.2, 0.25) is 0 Å². The average molecular weight is 301 g/mol. The highest BCUT2D eigenvalue weighted by molar-refractivity contribution is 7.99. The number of aliphatic carboxylic acids is 1. The van der Waals surface area contributed by atoms with Crippen molar-refractivity contribution in [3.05, 3.63) is 10.6 Å². The number of anilines is 1. The molecule has 0 unspecified atom stereocenters. The number of hydrogen-bond donors (Lipinski definition) is 2. The molecule has 0 spiro atoms. The molecule has 0 aromatic carbocycles. The quantitative estimate of drug-likeness (QED) is 0.892. The van der Waals surface area contributed by atoms with Gasteiger partial charge in [-0.05, 0) is 13.3 Å². The minimum Gasteiger partial charge on any atom is -0.480 e. The van der Waals surface area contributed by atoms with E-state index in [0.29, 0.717) is 16.8 Å². The molecule has 19 heavy (non-hydrogen) atoms. The van der Waals surface area contributed by atoms with Crippen LogP contribution in [0, 0.1) is 6.92 Å². The lowest BCUT2D eigenvalue weighted by atomic mass is 10.3. The molecule has 1 saturated heterocycles. The van der Waals surface area contributed by atoms with Gasteiger partial charge in [-0.3, -0.25) is 5.32 Å². The number of aryl methyl sites for hydroxylation is 2. The second-order valence-corrected chi connectivity index (χ2v) is 6.33. The fraction of sp³-hybridized carbons (Fsp3) is 0.545. The summed E-state index contributed by atoms with van der Waals surface area (Å²) in [6.07, 6.45) is 0.815. The highest BCUT2D eigenvalue weighted by Gasteiger charge is 2.34. The number of amides is 2. The maximum atomic E-state index is 12.0. The molecule has 104 valence electrons. The zero-order valence-corrected chi connectivity index (χ0v) is 12.3. The number of carboxylic acid groups (broad SMARTS) is 1. The van der Waals surface area contributed by atoms with Gasteiger partial charge in [-0.15, -0.1) is 23.1 Å². The van der Waals surface area contributed by atoms with Crippen LogP contribution in [0.1, 0.15) is 17.5 Å². The topological polar surface area (TPSA) is 82.5 Å². The number of hydrogen-bond acceptors (Lipinski definition) is 5. The molecule has 2 N–H and O–H groups in total. The third kappa shape index (κ3) is 3.01. The van der Waals surface area contributed by atoms with Gasteiger partial charge in [0.05, 0.1) is 11.6 Å². The Bertz CT molecular complexity index is 503. The summed E-state index contributed by atoms with van der Waals surface area (Å²) in [5.41, 5.74) is 0.964. The molecule has 2 heterocycles. The molecule has 0 saturated carbocycles. The SMILES string of the molecule is CCc1nc(NC(=O)N2CSC[C@H]2C(=O)O)sc1C. The molecule has 6 nitrogen and oxygen atoms in total. The summed E-state index contributed by atoms with van der Waals surface area (Å²) in [5.74, 6) is -0.141. The minimum atomic E-state index is -0.968. The molecule has 1 atom stereocenters. The number of thioether (sulfide) groups is 1. The van der Waals surface area contributed by atoms with E-state index in [1.54, 1.807) is 0 Å². The van der Waals surface area contributed by atoms with Crippen LogP contribution in [-0.4, -0.2) is 44.7 Å². The number of rotatable bonds is 3. The van der Waals surface area contributed by atoms with Crippen LogP contribution >= 0.6 is 23.1 Å². The molecule has 2 rings (SSSR count). The molecule has 0 aliphatic carbocycles. The first-order chi connectivity index (χ1) is 9.02. The second-order valence-electron chi connectivity index (χ2n) is 4.13. The van der Waals surface area contributed by atoms with Gasteiger partial charge in [0.1, 0.15) is 6.04 Å². The Morgan fingerprint density at radius 1 is 1.58 bits per heavy atom. The number of nitrogens with one attached hydrogen (secondary N) is 1. The van der Waals surface area contributed by atoms with Crippen LogP contribution in [0.25, 0.3) is 0 Å². The molecule has 1 fully saturated rings. The van der Waals surface area contributed by atoms with Crippen molar-refractivity contribution < 1.29 is 14.7 Å². The molecular formula is C11H15N3O3S2. The predicted octanol–water partition coefficient (Wildman–Crippen LogP) is 2.01. The van der Waals surface area contributed by atoms with Crippen molar-refractivity contribution in [2.75, 3.05) is 16.9 Å². The Labute approximate surface area is 119 Å². The summed E-state index contributed by atoms with van der Waals surface area (Å²) in [4.78, 5) is 29.8. The normalized spacial score (nSPS) is 18.6. The lowest BCUT2D eigenvalue weighted by molar-refractivity contribution is -0.140. The van der Waals surface area contributed by atoms with E-state index in [0.717, 1.165) is 17.0 Å². The van der Waals surface area contributed by atoms with Crippen molar-refractivity contribution >= 4 is 40.2 Å². The molecule has 2 amide bonds. The van der Waals surface area contributed by atoms with E-state index in [1.807, 2.05) is 13.8 Å². The monoisotopic (exact) mass is 301 g/mol. The van der Waals surface area contributed by atoms with Gasteiger partial charge in [-0.1, -0.05) is 6.92 Å². The first kappa shape index (κ1) is 14.1. The Morgan fingerprint density at radius 2 is 2.32 bits per heavy atom. The van der Waals surface area contributed by atoms with Crippen molar-refractivity contribution in [1.29, 1.82) is 0 Å². The van der Waals surface area contributed by atoms with E-state index in [2.05, 4.69) is 10.3 Å². The lowest BCUT2D eigenvalue weighted by Gasteiger charge is -2.19. The summed E-state index contributed by atoms with van der Waals surface area (Å²) in [7, 11) is 0. The van der Waals surface area contributed by atoms with Crippen molar-refractivity contribution in [2.24, 2.45) is 0 Å². The minimum absolute atomic E-state index is 0.395. The zero-order valence-electron chi connectivity index (χ0n) is 10.7. The van der Waals surface area contributed by atoms with Gasteiger partial charge in [-0.25, -0.2) is 14.6 Å². The van der Waals surface area contributed by atoms with Gasteiger partial charge in [-0.2, -0.15) is 0 Å². The molecule has 0 radical (unpaired) electrons. The van der Waals surface area contributed by atoms with Gasteiger partial charge < -0.3 is 10.0 Å². The van der Waals surface area contributed by atoms with E-state index >= 15 is 0 Å². The van der Waals surface area contributed by atoms with Crippen molar-refractivity contribution in [3.63, 3.8) is 0 Å². The third-order valence-corrected chi connectivity index (χ3v) is 4.81. The first-order valence-corrected chi connectivity index (χ1v) is 7.84. The number of urea groups is 1. The molecule has 1 aromatic rings. The van der Waals surface area contributed by atoms with Crippen LogP contribution in [0.5, 0.6) is 0 Å². The third-order valence-electron chi connectivity index (χ3n) is 2.87. The summed E-state index contributed by atoms with van der Waals surface area (Å²) >= 11 is 2.85. The van der Waals surface area contributed by atoms with Crippen LogP contribution in [0.15, 0.2) is 0 Å². The summed E-state index contributed by atoms with van der Waals surface area (Å²) in [5, 5.41) is 12.2. The van der Waals surface area contributed by atoms with Gasteiger partial charge >= 0.3 is 12.0 Å². The van der Waals surface area contributed by atoms with E-state index in [-0.39, 0.29) is 0 Å².